The molecule has 0 bridgehead atoms. The minimum absolute atomic E-state index is 0.0735. The average molecular weight is 593 g/mol. The third-order valence-corrected chi connectivity index (χ3v) is 6.56. The van der Waals surface area contributed by atoms with Crippen LogP contribution in [0.5, 0.6) is 5.75 Å². The van der Waals surface area contributed by atoms with Crippen LogP contribution in [0.25, 0.3) is 0 Å². The van der Waals surface area contributed by atoms with Crippen molar-refractivity contribution in [3.8, 4) is 5.75 Å². The number of aldehydes is 1. The second-order valence-corrected chi connectivity index (χ2v) is 9.48. The molecule has 2 aliphatic rings. The summed E-state index contributed by atoms with van der Waals surface area (Å²) < 4.78 is 11.6. The summed E-state index contributed by atoms with van der Waals surface area (Å²) in [7, 11) is 2.06. The van der Waals surface area contributed by atoms with Crippen molar-refractivity contribution in [1.82, 2.24) is 21.0 Å². The minimum Gasteiger partial charge on any atom is -0.406 e. The number of hydrogen-bond donors (Lipinski definition) is 3. The molecule has 0 saturated carbocycles. The number of piperidine rings is 1. The van der Waals surface area contributed by atoms with E-state index < -0.39 is 6.67 Å². The average Bonchev–Trinajstić information content (AvgIpc) is 3.46. The van der Waals surface area contributed by atoms with E-state index in [4.69, 9.17) is 4.84 Å². The Morgan fingerprint density at radius 3 is 2.36 bits per heavy atom. The third-order valence-electron chi connectivity index (χ3n) is 6.56. The van der Waals surface area contributed by atoms with E-state index in [9.17, 15) is 14.0 Å². The standard InChI is InChI=1S/C19H30N4O2.C9H13FO.3C2H6/c1-13-10-15(12-23-9-8-16(20-3)11-14(23)2)4-5-17(13)25-22-18-6-7-19(24)21-18;1-2-3-5-9(8-11)6-4-7-10;3*1-2/h4-5,10,14,16,18,20,22H,6-9,11-12H2,1-3H3,(H,21,24);4-6,8H,2-3,7H2,1H3;3*1-2H3/b;6-4-,9-5+;;;. The molecule has 3 N–H and O–H groups in total. The Kier molecular flexibility index (Phi) is 27.0. The predicted octanol–water partition coefficient (Wildman–Crippen LogP) is 7.20. The molecule has 0 radical (unpaired) electrons. The van der Waals surface area contributed by atoms with Crippen LogP contribution in [0.3, 0.4) is 0 Å². The summed E-state index contributed by atoms with van der Waals surface area (Å²) in [6.07, 6.45) is 10.9. The zero-order valence-corrected chi connectivity index (χ0v) is 28.2. The number of aryl methyl sites for hydroxylation is 1. The van der Waals surface area contributed by atoms with Gasteiger partial charge in [0.25, 0.3) is 0 Å². The molecule has 2 fully saturated rings. The fraction of sp³-hybridized carbons (Fsp3) is 0.647. The molecule has 2 heterocycles. The van der Waals surface area contributed by atoms with Crippen molar-refractivity contribution in [2.45, 2.75) is 126 Å². The predicted molar refractivity (Wildman–Crippen MR) is 176 cm³/mol. The summed E-state index contributed by atoms with van der Waals surface area (Å²) in [5.41, 5.74) is 5.92. The fourth-order valence-corrected chi connectivity index (χ4v) is 4.36. The van der Waals surface area contributed by atoms with Gasteiger partial charge in [-0.05, 0) is 63.8 Å². The number of carbonyl (C=O) groups is 2. The summed E-state index contributed by atoms with van der Waals surface area (Å²) in [5.74, 6) is 0.885. The number of hydrogen-bond acceptors (Lipinski definition) is 6. The van der Waals surface area contributed by atoms with Crippen molar-refractivity contribution in [2.24, 2.45) is 0 Å². The van der Waals surface area contributed by atoms with Crippen LogP contribution in [-0.2, 0) is 16.1 Å². The van der Waals surface area contributed by atoms with Crippen LogP contribution in [0.2, 0.25) is 0 Å². The first-order chi connectivity index (χ1) is 20.4. The van der Waals surface area contributed by atoms with Gasteiger partial charge in [-0.2, -0.15) is 0 Å². The maximum absolute atomic E-state index is 11.6. The second-order valence-electron chi connectivity index (χ2n) is 9.48. The lowest BCUT2D eigenvalue weighted by molar-refractivity contribution is -0.119. The molecule has 242 valence electrons. The molecule has 3 unspecified atom stereocenters. The zero-order chi connectivity index (χ0) is 32.3. The number of halogens is 1. The van der Waals surface area contributed by atoms with Crippen LogP contribution < -0.4 is 21.0 Å². The van der Waals surface area contributed by atoms with Gasteiger partial charge in [0.15, 0.2) is 0 Å². The van der Waals surface area contributed by atoms with Gasteiger partial charge in [0.05, 0.1) is 0 Å². The van der Waals surface area contributed by atoms with E-state index >= 15 is 0 Å². The monoisotopic (exact) mass is 592 g/mol. The molecule has 1 aromatic carbocycles. The summed E-state index contributed by atoms with van der Waals surface area (Å²) in [6.45, 7) is 20.0. The molecule has 42 heavy (non-hydrogen) atoms. The van der Waals surface area contributed by atoms with Gasteiger partial charge in [-0.3, -0.25) is 14.5 Å². The van der Waals surface area contributed by atoms with Crippen LogP contribution in [0.1, 0.15) is 105 Å². The van der Waals surface area contributed by atoms with Crippen molar-refractivity contribution in [1.29, 1.82) is 0 Å². The number of amides is 1. The van der Waals surface area contributed by atoms with Crippen LogP contribution in [-0.4, -0.2) is 55.6 Å². The Balaban J connectivity index is 0. The number of likely N-dealkylation sites (tertiary alicyclic amines) is 1. The minimum atomic E-state index is -0.517. The van der Waals surface area contributed by atoms with E-state index in [1.807, 2.05) is 54.5 Å². The highest BCUT2D eigenvalue weighted by Crippen LogP contribution is 2.23. The van der Waals surface area contributed by atoms with E-state index in [-0.39, 0.29) is 12.1 Å². The van der Waals surface area contributed by atoms with Gasteiger partial charge in [-0.15, -0.1) is 5.48 Å². The van der Waals surface area contributed by atoms with Crippen LogP contribution in [0.15, 0.2) is 42.0 Å². The number of alkyl halides is 1. The quantitative estimate of drug-likeness (QED) is 0.109. The molecule has 8 heteroatoms. The highest BCUT2D eigenvalue weighted by molar-refractivity contribution is 5.78. The largest absolute Gasteiger partial charge is 0.406 e. The van der Waals surface area contributed by atoms with Crippen LogP contribution in [0.4, 0.5) is 4.39 Å². The Bertz CT molecular complexity index is 892. The second kappa shape index (κ2) is 27.3. The van der Waals surface area contributed by atoms with Gasteiger partial charge in [0.2, 0.25) is 5.91 Å². The number of hydroxylamine groups is 1. The summed E-state index contributed by atoms with van der Waals surface area (Å²) in [6, 6.07) is 7.58. The highest BCUT2D eigenvalue weighted by atomic mass is 19.1. The molecule has 3 rings (SSSR count). The summed E-state index contributed by atoms with van der Waals surface area (Å²) in [4.78, 5) is 29.7. The maximum Gasteiger partial charge on any atom is 0.221 e. The lowest BCUT2D eigenvalue weighted by atomic mass is 9.97. The summed E-state index contributed by atoms with van der Waals surface area (Å²) >= 11 is 0. The normalized spacial score (nSPS) is 19.9. The number of benzene rings is 1. The van der Waals surface area contributed by atoms with Crippen molar-refractivity contribution >= 4 is 12.2 Å². The fourth-order valence-electron chi connectivity index (χ4n) is 4.36. The van der Waals surface area contributed by atoms with Crippen LogP contribution in [0, 0.1) is 6.92 Å². The molecular weight excluding hydrogens is 531 g/mol. The molecule has 0 spiro atoms. The zero-order valence-electron chi connectivity index (χ0n) is 28.2. The number of nitrogens with zero attached hydrogens (tertiary/aromatic N) is 1. The van der Waals surface area contributed by atoms with E-state index in [1.165, 1.54) is 30.6 Å². The first kappa shape index (κ1) is 41.6. The molecule has 1 amide bonds. The van der Waals surface area contributed by atoms with Crippen molar-refractivity contribution in [3.05, 3.63) is 53.1 Å². The van der Waals surface area contributed by atoms with E-state index in [0.717, 1.165) is 50.0 Å². The number of carbonyl (C=O) groups excluding carboxylic acids is 2. The van der Waals surface area contributed by atoms with Gasteiger partial charge in [-0.1, -0.05) is 85.2 Å². The molecule has 0 aromatic heterocycles. The van der Waals surface area contributed by atoms with Crippen molar-refractivity contribution in [2.75, 3.05) is 20.3 Å². The smallest absolute Gasteiger partial charge is 0.221 e. The number of nitrogens with one attached hydrogen (secondary N) is 3. The Morgan fingerprint density at radius 1 is 1.17 bits per heavy atom. The molecule has 2 aliphatic heterocycles. The molecule has 1 aromatic rings. The highest BCUT2D eigenvalue weighted by Gasteiger charge is 2.24. The van der Waals surface area contributed by atoms with Crippen LogP contribution >= 0.6 is 0 Å². The van der Waals surface area contributed by atoms with Crippen molar-refractivity contribution in [3.63, 3.8) is 0 Å². The molecule has 2 saturated heterocycles. The Morgan fingerprint density at radius 2 is 1.86 bits per heavy atom. The number of allylic oxidation sites excluding steroid dienone is 4. The first-order valence-electron chi connectivity index (χ1n) is 16.0. The third kappa shape index (κ3) is 17.4. The lowest BCUT2D eigenvalue weighted by Crippen LogP contribution is -2.46. The molecule has 7 nitrogen and oxygen atoms in total. The summed E-state index contributed by atoms with van der Waals surface area (Å²) in [5, 5.41) is 6.23. The van der Waals surface area contributed by atoms with E-state index in [0.29, 0.717) is 24.1 Å². The topological polar surface area (TPSA) is 82.7 Å². The van der Waals surface area contributed by atoms with Gasteiger partial charge in [0.1, 0.15) is 24.9 Å². The first-order valence-corrected chi connectivity index (χ1v) is 16.0. The SMILES string of the molecule is CC.CC.CC.CCC/C=C(C=O)\C=C/CF.CNC1CCN(Cc2ccc(ONC3CCC(=O)N3)c(C)c2)C(C)C1. The molecule has 0 aliphatic carbocycles. The molecular formula is C34H61FN4O3. The Hall–Kier alpha value is -2.55. The van der Waals surface area contributed by atoms with Gasteiger partial charge < -0.3 is 15.5 Å². The van der Waals surface area contributed by atoms with E-state index in [2.05, 4.69) is 54.0 Å². The van der Waals surface area contributed by atoms with Gasteiger partial charge >= 0.3 is 0 Å². The number of rotatable bonds is 11. The Labute approximate surface area is 256 Å². The van der Waals surface area contributed by atoms with Gasteiger partial charge in [0, 0.05) is 37.2 Å². The lowest BCUT2D eigenvalue weighted by Gasteiger charge is -2.37. The van der Waals surface area contributed by atoms with E-state index in [1.54, 1.807) is 6.08 Å². The van der Waals surface area contributed by atoms with Crippen molar-refractivity contribution < 1.29 is 18.8 Å². The number of unbranched alkanes of at least 4 members (excludes halogenated alkanes) is 1. The van der Waals surface area contributed by atoms with Gasteiger partial charge in [-0.25, -0.2) is 4.39 Å². The molecule has 3 atom stereocenters. The maximum atomic E-state index is 11.6.